The highest BCUT2D eigenvalue weighted by molar-refractivity contribution is 5.32. The van der Waals surface area contributed by atoms with Crippen LogP contribution in [0.5, 0.6) is 11.5 Å². The minimum absolute atomic E-state index is 0.146. The van der Waals surface area contributed by atoms with E-state index >= 15 is 0 Å². The maximum Gasteiger partial charge on any atom is 0.127 e. The van der Waals surface area contributed by atoms with Gasteiger partial charge in [0.25, 0.3) is 0 Å². The van der Waals surface area contributed by atoms with Gasteiger partial charge in [-0.3, -0.25) is 4.90 Å². The summed E-state index contributed by atoms with van der Waals surface area (Å²) >= 11 is 0. The smallest absolute Gasteiger partial charge is 0.127 e. The van der Waals surface area contributed by atoms with E-state index < -0.39 is 5.60 Å². The first-order valence-corrected chi connectivity index (χ1v) is 8.54. The number of aliphatic hydroxyl groups is 2. The highest BCUT2D eigenvalue weighted by Gasteiger charge is 2.29. The average Bonchev–Trinajstić information content (AvgIpc) is 2.80. The Labute approximate surface area is 143 Å². The van der Waals surface area contributed by atoms with E-state index in [1.165, 1.54) is 5.56 Å². The molecule has 1 fully saturated rings. The Morgan fingerprint density at radius 1 is 0.917 bits per heavy atom. The molecular formula is C20H25NO3. The van der Waals surface area contributed by atoms with Crippen LogP contribution < -0.4 is 4.74 Å². The normalized spacial score (nSPS) is 22.1. The molecule has 128 valence electrons. The van der Waals surface area contributed by atoms with Gasteiger partial charge in [-0.2, -0.15) is 0 Å². The van der Waals surface area contributed by atoms with Crippen LogP contribution in [-0.2, 0) is 6.54 Å². The second-order valence-corrected chi connectivity index (χ2v) is 6.57. The molecule has 0 amide bonds. The van der Waals surface area contributed by atoms with Crippen LogP contribution >= 0.6 is 0 Å². The quantitative estimate of drug-likeness (QED) is 0.885. The van der Waals surface area contributed by atoms with Gasteiger partial charge in [-0.15, -0.1) is 0 Å². The van der Waals surface area contributed by atoms with Gasteiger partial charge in [0.1, 0.15) is 11.5 Å². The van der Waals surface area contributed by atoms with E-state index in [4.69, 9.17) is 4.74 Å². The number of hydrogen-bond acceptors (Lipinski definition) is 4. The molecule has 2 aromatic carbocycles. The van der Waals surface area contributed by atoms with Gasteiger partial charge in [0.15, 0.2) is 0 Å². The van der Waals surface area contributed by atoms with Crippen LogP contribution in [0.3, 0.4) is 0 Å². The number of ether oxygens (including phenoxy) is 1. The number of aliphatic hydroxyl groups excluding tert-OH is 1. The van der Waals surface area contributed by atoms with Crippen molar-refractivity contribution in [3.05, 3.63) is 60.2 Å². The Bertz CT molecular complexity index is 629. The second-order valence-electron chi connectivity index (χ2n) is 6.57. The second kappa shape index (κ2) is 7.79. The minimum atomic E-state index is -0.901. The largest absolute Gasteiger partial charge is 0.457 e. The van der Waals surface area contributed by atoms with Crippen molar-refractivity contribution < 1.29 is 14.9 Å². The van der Waals surface area contributed by atoms with Crippen molar-refractivity contribution in [2.75, 3.05) is 19.7 Å². The molecule has 24 heavy (non-hydrogen) atoms. The first-order chi connectivity index (χ1) is 11.7. The number of hydrogen-bond donors (Lipinski definition) is 2. The Hall–Kier alpha value is -1.88. The molecule has 0 radical (unpaired) electrons. The van der Waals surface area contributed by atoms with E-state index in [-0.39, 0.29) is 6.61 Å². The monoisotopic (exact) mass is 327 g/mol. The van der Waals surface area contributed by atoms with Gasteiger partial charge in [-0.05, 0) is 55.6 Å². The lowest BCUT2D eigenvalue weighted by atomic mass is 9.96. The molecule has 1 heterocycles. The van der Waals surface area contributed by atoms with Crippen LogP contribution in [0.25, 0.3) is 0 Å². The zero-order chi connectivity index (χ0) is 16.8. The standard InChI is InChI=1S/C20H25NO3/c22-16-20(23)11-4-13-21(14-12-20)15-17-7-9-19(10-8-17)24-18-5-2-1-3-6-18/h1-3,5-10,22-23H,4,11-16H2. The molecule has 3 rings (SSSR count). The van der Waals surface area contributed by atoms with E-state index in [9.17, 15) is 10.2 Å². The Balaban J connectivity index is 1.56. The van der Waals surface area contributed by atoms with Gasteiger partial charge in [0.05, 0.1) is 12.2 Å². The third-order valence-electron chi connectivity index (χ3n) is 4.61. The van der Waals surface area contributed by atoms with E-state index in [1.54, 1.807) is 0 Å². The molecule has 0 bridgehead atoms. The molecular weight excluding hydrogens is 302 g/mol. The predicted molar refractivity (Wildman–Crippen MR) is 94.1 cm³/mol. The predicted octanol–water partition coefficient (Wildman–Crippen LogP) is 3.19. The van der Waals surface area contributed by atoms with Crippen molar-refractivity contribution in [3.8, 4) is 11.5 Å². The molecule has 1 aliphatic rings. The fraction of sp³-hybridized carbons (Fsp3) is 0.400. The first kappa shape index (κ1) is 17.0. The topological polar surface area (TPSA) is 52.9 Å². The number of likely N-dealkylation sites (tertiary alicyclic amines) is 1. The molecule has 1 aliphatic heterocycles. The van der Waals surface area contributed by atoms with Crippen LogP contribution in [0.1, 0.15) is 24.8 Å². The summed E-state index contributed by atoms with van der Waals surface area (Å²) < 4.78 is 5.81. The lowest BCUT2D eigenvalue weighted by molar-refractivity contribution is -0.0255. The van der Waals surface area contributed by atoms with Crippen molar-refractivity contribution in [3.63, 3.8) is 0 Å². The van der Waals surface area contributed by atoms with Gasteiger partial charge in [-0.25, -0.2) is 0 Å². The number of benzene rings is 2. The zero-order valence-corrected chi connectivity index (χ0v) is 13.9. The summed E-state index contributed by atoms with van der Waals surface area (Å²) in [6, 6.07) is 17.9. The third kappa shape index (κ3) is 4.57. The lowest BCUT2D eigenvalue weighted by Crippen LogP contribution is -2.34. The van der Waals surface area contributed by atoms with Crippen LogP contribution in [0.4, 0.5) is 0 Å². The maximum absolute atomic E-state index is 10.2. The Kier molecular flexibility index (Phi) is 5.51. The summed E-state index contributed by atoms with van der Waals surface area (Å²) in [4.78, 5) is 2.33. The highest BCUT2D eigenvalue weighted by atomic mass is 16.5. The van der Waals surface area contributed by atoms with Gasteiger partial charge >= 0.3 is 0 Å². The fourth-order valence-corrected chi connectivity index (χ4v) is 3.10. The van der Waals surface area contributed by atoms with Crippen molar-refractivity contribution in [2.24, 2.45) is 0 Å². The number of rotatable bonds is 5. The zero-order valence-electron chi connectivity index (χ0n) is 13.9. The van der Waals surface area contributed by atoms with E-state index in [1.807, 2.05) is 42.5 Å². The highest BCUT2D eigenvalue weighted by Crippen LogP contribution is 2.24. The van der Waals surface area contributed by atoms with Crippen LogP contribution in [0.2, 0.25) is 0 Å². The molecule has 1 atom stereocenters. The third-order valence-corrected chi connectivity index (χ3v) is 4.61. The molecule has 0 aromatic heterocycles. The van der Waals surface area contributed by atoms with Crippen molar-refractivity contribution in [2.45, 2.75) is 31.4 Å². The molecule has 4 nitrogen and oxygen atoms in total. The van der Waals surface area contributed by atoms with Crippen molar-refractivity contribution in [1.29, 1.82) is 0 Å². The molecule has 1 unspecified atom stereocenters. The molecule has 0 aliphatic carbocycles. The van der Waals surface area contributed by atoms with Crippen molar-refractivity contribution in [1.82, 2.24) is 4.90 Å². The molecule has 4 heteroatoms. The van der Waals surface area contributed by atoms with E-state index in [0.717, 1.165) is 37.6 Å². The summed E-state index contributed by atoms with van der Waals surface area (Å²) in [5, 5.41) is 19.5. The summed E-state index contributed by atoms with van der Waals surface area (Å²) in [6.07, 6.45) is 2.20. The summed E-state index contributed by atoms with van der Waals surface area (Å²) in [6.45, 7) is 2.46. The van der Waals surface area contributed by atoms with E-state index in [2.05, 4.69) is 17.0 Å². The number of nitrogens with zero attached hydrogens (tertiary/aromatic N) is 1. The molecule has 0 spiro atoms. The van der Waals surface area contributed by atoms with Crippen LogP contribution in [0, 0.1) is 0 Å². The maximum atomic E-state index is 10.2. The van der Waals surface area contributed by atoms with Gasteiger partial charge in [0, 0.05) is 13.1 Å². The fourth-order valence-electron chi connectivity index (χ4n) is 3.10. The lowest BCUT2D eigenvalue weighted by Gasteiger charge is -2.24. The van der Waals surface area contributed by atoms with Crippen LogP contribution in [0.15, 0.2) is 54.6 Å². The summed E-state index contributed by atoms with van der Waals surface area (Å²) in [7, 11) is 0. The first-order valence-electron chi connectivity index (χ1n) is 8.54. The molecule has 2 aromatic rings. The summed E-state index contributed by atoms with van der Waals surface area (Å²) in [5.41, 5.74) is 0.326. The minimum Gasteiger partial charge on any atom is -0.457 e. The van der Waals surface area contributed by atoms with E-state index in [0.29, 0.717) is 12.8 Å². The molecule has 1 saturated heterocycles. The van der Waals surface area contributed by atoms with Gasteiger partial charge in [0.2, 0.25) is 0 Å². The SMILES string of the molecule is OCC1(O)CCCN(Cc2ccc(Oc3ccccc3)cc2)CC1. The van der Waals surface area contributed by atoms with Crippen LogP contribution in [-0.4, -0.2) is 40.4 Å². The Morgan fingerprint density at radius 2 is 1.62 bits per heavy atom. The Morgan fingerprint density at radius 3 is 2.33 bits per heavy atom. The average molecular weight is 327 g/mol. The van der Waals surface area contributed by atoms with Gasteiger partial charge < -0.3 is 14.9 Å². The molecule has 2 N–H and O–H groups in total. The van der Waals surface area contributed by atoms with Gasteiger partial charge in [-0.1, -0.05) is 30.3 Å². The number of para-hydroxylation sites is 1. The molecule has 0 saturated carbocycles. The van der Waals surface area contributed by atoms with Crippen molar-refractivity contribution >= 4 is 0 Å². The summed E-state index contributed by atoms with van der Waals surface area (Å²) in [5.74, 6) is 1.66.